The van der Waals surface area contributed by atoms with Gasteiger partial charge in [-0.1, -0.05) is 33.8 Å². The third-order valence-electron chi connectivity index (χ3n) is 6.37. The van der Waals surface area contributed by atoms with Gasteiger partial charge in [0.25, 0.3) is 5.56 Å². The molecular formula is C19H30N2O4Si. The predicted molar refractivity (Wildman–Crippen MR) is 105 cm³/mol. The van der Waals surface area contributed by atoms with Crippen LogP contribution < -0.4 is 11.2 Å². The molecule has 1 aromatic rings. The molecule has 0 bridgehead atoms. The Kier molecular flexibility index (Phi) is 5.92. The van der Waals surface area contributed by atoms with Crippen LogP contribution >= 0.6 is 0 Å². The van der Waals surface area contributed by atoms with Crippen molar-refractivity contribution >= 4 is 14.6 Å². The van der Waals surface area contributed by atoms with Crippen molar-refractivity contribution < 1.29 is 9.22 Å². The van der Waals surface area contributed by atoms with Crippen molar-refractivity contribution in [3.05, 3.63) is 44.8 Å². The molecule has 2 atom stereocenters. The Morgan fingerprint density at radius 3 is 2.58 bits per heavy atom. The van der Waals surface area contributed by atoms with Gasteiger partial charge in [0.15, 0.2) is 8.32 Å². The smallest absolute Gasteiger partial charge is 0.328 e. The Morgan fingerprint density at radius 2 is 2.04 bits per heavy atom. The van der Waals surface area contributed by atoms with Crippen molar-refractivity contribution in [2.45, 2.75) is 58.3 Å². The van der Waals surface area contributed by atoms with Crippen molar-refractivity contribution in [2.75, 3.05) is 6.61 Å². The van der Waals surface area contributed by atoms with Crippen molar-refractivity contribution in [1.29, 1.82) is 0 Å². The minimum atomic E-state index is -1.98. The van der Waals surface area contributed by atoms with Crippen LogP contribution in [0.4, 0.5) is 0 Å². The molecule has 1 N–H and O–H groups in total. The molecule has 1 aromatic heterocycles. The number of nitrogens with one attached hydrogen (secondary N) is 1. The number of H-pyrrole nitrogens is 1. The van der Waals surface area contributed by atoms with E-state index in [-0.39, 0.29) is 17.0 Å². The highest BCUT2D eigenvalue weighted by Crippen LogP contribution is 2.45. The van der Waals surface area contributed by atoms with Crippen LogP contribution in [0.15, 0.2) is 33.5 Å². The molecular weight excluding hydrogens is 348 g/mol. The SMILES string of the molecule is CC(C)C(C)(C)[Si](C)(C)OCC1CC(n2ccc(=O)[nH]c2=O)C=C1C=O. The third-order valence-corrected chi connectivity index (χ3v) is 10.9. The lowest BCUT2D eigenvalue weighted by atomic mass is 9.99. The first-order chi connectivity index (χ1) is 12.0. The van der Waals surface area contributed by atoms with Gasteiger partial charge in [0.2, 0.25) is 0 Å². The summed E-state index contributed by atoms with van der Waals surface area (Å²) in [6.07, 6.45) is 4.76. The van der Waals surface area contributed by atoms with Crippen LogP contribution in [0.3, 0.4) is 0 Å². The maximum Gasteiger partial charge on any atom is 0.328 e. The Balaban J connectivity index is 2.15. The molecule has 0 spiro atoms. The second-order valence-corrected chi connectivity index (χ2v) is 13.1. The lowest BCUT2D eigenvalue weighted by Crippen LogP contribution is -2.46. The summed E-state index contributed by atoms with van der Waals surface area (Å²) < 4.78 is 7.86. The van der Waals surface area contributed by atoms with Gasteiger partial charge in [0.05, 0.1) is 6.04 Å². The van der Waals surface area contributed by atoms with E-state index in [0.29, 0.717) is 24.5 Å². The number of aromatic nitrogens is 2. The zero-order valence-electron chi connectivity index (χ0n) is 16.5. The maximum atomic E-state index is 12.0. The molecule has 0 saturated heterocycles. The number of rotatable bonds is 7. The van der Waals surface area contributed by atoms with Crippen molar-refractivity contribution in [2.24, 2.45) is 11.8 Å². The van der Waals surface area contributed by atoms with E-state index in [4.69, 9.17) is 4.43 Å². The van der Waals surface area contributed by atoms with Crippen molar-refractivity contribution in [3.63, 3.8) is 0 Å². The van der Waals surface area contributed by atoms with Crippen LogP contribution in [0.5, 0.6) is 0 Å². The van der Waals surface area contributed by atoms with E-state index in [1.807, 2.05) is 6.08 Å². The number of carbonyl (C=O) groups excluding carboxylic acids is 1. The topological polar surface area (TPSA) is 81.2 Å². The van der Waals surface area contributed by atoms with Gasteiger partial charge in [0, 0.05) is 24.8 Å². The van der Waals surface area contributed by atoms with E-state index in [1.165, 1.54) is 16.8 Å². The van der Waals surface area contributed by atoms with Gasteiger partial charge in [0.1, 0.15) is 6.29 Å². The van der Waals surface area contributed by atoms with Gasteiger partial charge in [-0.2, -0.15) is 0 Å². The summed E-state index contributed by atoms with van der Waals surface area (Å²) in [4.78, 5) is 37.0. The predicted octanol–water partition coefficient (Wildman–Crippen LogP) is 2.88. The second-order valence-electron chi connectivity index (χ2n) is 8.50. The molecule has 1 aliphatic carbocycles. The fraction of sp³-hybridized carbons (Fsp3) is 0.632. The number of aromatic amines is 1. The fourth-order valence-electron chi connectivity index (χ4n) is 3.23. The number of allylic oxidation sites excluding steroid dienone is 1. The quantitative estimate of drug-likeness (QED) is 0.584. The molecule has 144 valence electrons. The monoisotopic (exact) mass is 378 g/mol. The third kappa shape index (κ3) is 3.99. The molecule has 1 heterocycles. The van der Waals surface area contributed by atoms with Gasteiger partial charge < -0.3 is 4.43 Å². The molecule has 2 rings (SSSR count). The number of carbonyl (C=O) groups is 1. The van der Waals surface area contributed by atoms with Crippen LogP contribution in [-0.4, -0.2) is 30.8 Å². The zero-order chi connectivity index (χ0) is 19.7. The molecule has 0 saturated carbocycles. The van der Waals surface area contributed by atoms with E-state index in [1.54, 1.807) is 0 Å². The first-order valence-electron chi connectivity index (χ1n) is 9.12. The number of hydrogen-bond acceptors (Lipinski definition) is 4. The lowest BCUT2D eigenvalue weighted by molar-refractivity contribution is -0.105. The van der Waals surface area contributed by atoms with Crippen LogP contribution in [0.1, 0.15) is 40.2 Å². The first-order valence-corrected chi connectivity index (χ1v) is 12.0. The molecule has 0 aromatic carbocycles. The largest absolute Gasteiger partial charge is 0.416 e. The van der Waals surface area contributed by atoms with E-state index in [0.717, 1.165) is 6.29 Å². The zero-order valence-corrected chi connectivity index (χ0v) is 17.5. The molecule has 0 amide bonds. The van der Waals surface area contributed by atoms with E-state index < -0.39 is 19.6 Å². The minimum absolute atomic E-state index is 0.0361. The molecule has 1 aliphatic rings. The maximum absolute atomic E-state index is 12.0. The normalized spacial score (nSPS) is 21.1. The number of aldehydes is 1. The van der Waals surface area contributed by atoms with Crippen LogP contribution in [0, 0.1) is 11.8 Å². The summed E-state index contributed by atoms with van der Waals surface area (Å²) in [5.74, 6) is 0.465. The highest BCUT2D eigenvalue weighted by atomic mass is 28.4. The van der Waals surface area contributed by atoms with Crippen LogP contribution in [0.25, 0.3) is 0 Å². The Hall–Kier alpha value is -1.73. The molecule has 0 fully saturated rings. The summed E-state index contributed by atoms with van der Waals surface area (Å²) in [6.45, 7) is 13.8. The van der Waals surface area contributed by atoms with Gasteiger partial charge in [-0.25, -0.2) is 4.79 Å². The molecule has 26 heavy (non-hydrogen) atoms. The number of hydrogen-bond donors (Lipinski definition) is 1. The second kappa shape index (κ2) is 7.48. The van der Waals surface area contributed by atoms with Gasteiger partial charge in [-0.15, -0.1) is 0 Å². The molecule has 7 heteroatoms. The molecule has 0 aliphatic heterocycles. The molecule has 0 radical (unpaired) electrons. The molecule has 6 nitrogen and oxygen atoms in total. The van der Waals surface area contributed by atoms with E-state index in [9.17, 15) is 14.4 Å². The lowest BCUT2D eigenvalue weighted by Gasteiger charge is -2.43. The Morgan fingerprint density at radius 1 is 1.38 bits per heavy atom. The van der Waals surface area contributed by atoms with Crippen LogP contribution in [0.2, 0.25) is 18.1 Å². The van der Waals surface area contributed by atoms with Gasteiger partial charge in [-0.05, 0) is 36.0 Å². The fourth-order valence-corrected chi connectivity index (χ4v) is 5.61. The minimum Gasteiger partial charge on any atom is -0.416 e. The first kappa shape index (κ1) is 20.6. The van der Waals surface area contributed by atoms with Gasteiger partial charge in [-0.3, -0.25) is 19.1 Å². The van der Waals surface area contributed by atoms with E-state index >= 15 is 0 Å². The summed E-state index contributed by atoms with van der Waals surface area (Å²) in [5.41, 5.74) is -0.214. The standard InChI is InChI=1S/C19H30N2O4Si/c1-13(2)19(3,4)26(5,6)25-12-15-10-16(9-14(15)11-22)21-8-7-17(23)20-18(21)24/h7-9,11,13,15-16H,10,12H2,1-6H3,(H,20,23,24). The van der Waals surface area contributed by atoms with Gasteiger partial charge >= 0.3 is 5.69 Å². The highest BCUT2D eigenvalue weighted by Gasteiger charge is 2.44. The summed E-state index contributed by atoms with van der Waals surface area (Å²) in [7, 11) is -1.98. The summed E-state index contributed by atoms with van der Waals surface area (Å²) >= 11 is 0. The van der Waals surface area contributed by atoms with Crippen molar-refractivity contribution in [1.82, 2.24) is 9.55 Å². The average Bonchev–Trinajstić information content (AvgIpc) is 2.95. The summed E-state index contributed by atoms with van der Waals surface area (Å²) in [6, 6.07) is 1.08. The Bertz CT molecular complexity index is 804. The van der Waals surface area contributed by atoms with Crippen molar-refractivity contribution in [3.8, 4) is 0 Å². The number of nitrogens with zero attached hydrogens (tertiary/aromatic N) is 1. The van der Waals surface area contributed by atoms with Crippen LogP contribution in [-0.2, 0) is 9.22 Å². The summed E-state index contributed by atoms with van der Waals surface area (Å²) in [5, 5.41) is 0.103. The average molecular weight is 379 g/mol. The Labute approximate surface area is 155 Å². The van der Waals surface area contributed by atoms with E-state index in [2.05, 4.69) is 45.8 Å². The molecule has 2 unspecified atom stereocenters. The highest BCUT2D eigenvalue weighted by molar-refractivity contribution is 6.74.